The van der Waals surface area contributed by atoms with Crippen LogP contribution < -0.4 is 15.2 Å². The maximum atomic E-state index is 5.90. The van der Waals surface area contributed by atoms with Gasteiger partial charge in [0.2, 0.25) is 0 Å². The van der Waals surface area contributed by atoms with Crippen molar-refractivity contribution in [1.29, 1.82) is 0 Å². The fourth-order valence-electron chi connectivity index (χ4n) is 2.58. The number of ether oxygens (including phenoxy) is 2. The number of rotatable bonds is 2. The van der Waals surface area contributed by atoms with Crippen molar-refractivity contribution in [3.8, 4) is 11.5 Å². The Morgan fingerprint density at radius 1 is 1.32 bits per heavy atom. The summed E-state index contributed by atoms with van der Waals surface area (Å²) in [7, 11) is 0. The Labute approximate surface area is 113 Å². The Kier molecular flexibility index (Phi) is 3.19. The van der Waals surface area contributed by atoms with Crippen molar-refractivity contribution in [3.05, 3.63) is 23.8 Å². The molecule has 1 aromatic carbocycles. The van der Waals surface area contributed by atoms with Crippen LogP contribution in [0.2, 0.25) is 0 Å². The molecular formula is C14H19N3O2. The Bertz CT molecular complexity index is 501. The summed E-state index contributed by atoms with van der Waals surface area (Å²) in [6, 6.07) is 6.33. The normalized spacial score (nSPS) is 22.1. The molecule has 0 saturated carbocycles. The molecule has 0 spiro atoms. The maximum absolute atomic E-state index is 5.90. The number of fused-ring (bicyclic) bond motifs is 1. The molecule has 2 aliphatic heterocycles. The van der Waals surface area contributed by atoms with Crippen molar-refractivity contribution >= 4 is 5.96 Å². The van der Waals surface area contributed by atoms with E-state index in [-0.39, 0.29) is 6.04 Å². The third-order valence-electron chi connectivity index (χ3n) is 3.59. The number of aliphatic imine (C=N–C) groups is 1. The molecular weight excluding hydrogens is 242 g/mol. The SMILES string of the molecule is CCN1C(N)=NCC1c1ccc2c(c1)OCCCO2. The quantitative estimate of drug-likeness (QED) is 0.877. The number of guanidine groups is 1. The average molecular weight is 261 g/mol. The number of likely N-dealkylation sites (N-methyl/N-ethyl adjacent to an activating group) is 1. The summed E-state index contributed by atoms with van der Waals surface area (Å²) in [6.07, 6.45) is 0.921. The highest BCUT2D eigenvalue weighted by molar-refractivity contribution is 5.80. The molecule has 0 fully saturated rings. The number of benzene rings is 1. The van der Waals surface area contributed by atoms with E-state index in [4.69, 9.17) is 15.2 Å². The molecule has 0 aromatic heterocycles. The average Bonchev–Trinajstić information content (AvgIpc) is 2.66. The van der Waals surface area contributed by atoms with Crippen molar-refractivity contribution in [2.24, 2.45) is 10.7 Å². The van der Waals surface area contributed by atoms with E-state index in [1.165, 1.54) is 5.56 Å². The summed E-state index contributed by atoms with van der Waals surface area (Å²) >= 11 is 0. The summed E-state index contributed by atoms with van der Waals surface area (Å²) < 4.78 is 11.4. The molecule has 2 N–H and O–H groups in total. The minimum absolute atomic E-state index is 0.210. The van der Waals surface area contributed by atoms with E-state index in [1.807, 2.05) is 6.07 Å². The van der Waals surface area contributed by atoms with Crippen LogP contribution >= 0.6 is 0 Å². The molecule has 2 aliphatic rings. The first-order chi connectivity index (χ1) is 9.29. The van der Waals surface area contributed by atoms with E-state index in [0.29, 0.717) is 25.7 Å². The summed E-state index contributed by atoms with van der Waals surface area (Å²) in [5.41, 5.74) is 7.08. The van der Waals surface area contributed by atoms with E-state index in [0.717, 1.165) is 24.5 Å². The van der Waals surface area contributed by atoms with E-state index in [2.05, 4.69) is 28.9 Å². The van der Waals surface area contributed by atoms with Crippen LogP contribution in [0.15, 0.2) is 23.2 Å². The van der Waals surface area contributed by atoms with Gasteiger partial charge >= 0.3 is 0 Å². The van der Waals surface area contributed by atoms with Gasteiger partial charge in [0.05, 0.1) is 25.8 Å². The van der Waals surface area contributed by atoms with Gasteiger partial charge in [-0.2, -0.15) is 0 Å². The van der Waals surface area contributed by atoms with Gasteiger partial charge in [0, 0.05) is 13.0 Å². The minimum Gasteiger partial charge on any atom is -0.490 e. The number of hydrogen-bond donors (Lipinski definition) is 1. The van der Waals surface area contributed by atoms with Crippen LogP contribution in [0.1, 0.15) is 24.9 Å². The first-order valence-corrected chi connectivity index (χ1v) is 6.75. The molecule has 0 aliphatic carbocycles. The molecule has 1 atom stereocenters. The van der Waals surface area contributed by atoms with Gasteiger partial charge in [0.25, 0.3) is 0 Å². The van der Waals surface area contributed by atoms with Crippen LogP contribution in [0.3, 0.4) is 0 Å². The van der Waals surface area contributed by atoms with Crippen molar-refractivity contribution in [2.45, 2.75) is 19.4 Å². The van der Waals surface area contributed by atoms with Gasteiger partial charge in [0.15, 0.2) is 17.5 Å². The Balaban J connectivity index is 1.88. The standard InChI is InChI=1S/C14H19N3O2/c1-2-17-11(9-16-14(17)15)10-4-5-12-13(8-10)19-7-3-6-18-12/h4-5,8,11H,2-3,6-7,9H2,1H3,(H2,15,16). The summed E-state index contributed by atoms with van der Waals surface area (Å²) in [4.78, 5) is 6.44. The van der Waals surface area contributed by atoms with Gasteiger partial charge < -0.3 is 20.1 Å². The zero-order valence-electron chi connectivity index (χ0n) is 11.1. The third kappa shape index (κ3) is 2.20. The Morgan fingerprint density at radius 2 is 2.11 bits per heavy atom. The number of nitrogens with zero attached hydrogens (tertiary/aromatic N) is 2. The number of nitrogens with two attached hydrogens (primary N) is 1. The van der Waals surface area contributed by atoms with Gasteiger partial charge in [-0.05, 0) is 24.6 Å². The van der Waals surface area contributed by atoms with E-state index in [9.17, 15) is 0 Å². The predicted molar refractivity (Wildman–Crippen MR) is 73.7 cm³/mol. The van der Waals surface area contributed by atoms with Gasteiger partial charge in [0.1, 0.15) is 0 Å². The molecule has 0 bridgehead atoms. The predicted octanol–water partition coefficient (Wildman–Crippen LogP) is 1.54. The first kappa shape index (κ1) is 12.1. The lowest BCUT2D eigenvalue weighted by atomic mass is 10.1. The second-order valence-electron chi connectivity index (χ2n) is 4.76. The van der Waals surface area contributed by atoms with Crippen LogP contribution in [0, 0.1) is 0 Å². The van der Waals surface area contributed by atoms with Crippen molar-refractivity contribution in [2.75, 3.05) is 26.3 Å². The number of hydrogen-bond acceptors (Lipinski definition) is 5. The van der Waals surface area contributed by atoms with Gasteiger partial charge in [-0.1, -0.05) is 6.07 Å². The second kappa shape index (κ2) is 4.99. The van der Waals surface area contributed by atoms with Crippen LogP contribution in [0.5, 0.6) is 11.5 Å². The maximum Gasteiger partial charge on any atom is 0.191 e. The molecule has 1 aromatic rings. The molecule has 102 valence electrons. The molecule has 2 heterocycles. The molecule has 5 heteroatoms. The van der Waals surface area contributed by atoms with Crippen LogP contribution in [-0.4, -0.2) is 37.2 Å². The highest BCUT2D eigenvalue weighted by Gasteiger charge is 2.27. The van der Waals surface area contributed by atoms with E-state index in [1.54, 1.807) is 0 Å². The zero-order chi connectivity index (χ0) is 13.2. The minimum atomic E-state index is 0.210. The van der Waals surface area contributed by atoms with Crippen molar-refractivity contribution in [3.63, 3.8) is 0 Å². The molecule has 0 radical (unpaired) electrons. The second-order valence-corrected chi connectivity index (χ2v) is 4.76. The highest BCUT2D eigenvalue weighted by atomic mass is 16.5. The van der Waals surface area contributed by atoms with E-state index < -0.39 is 0 Å². The van der Waals surface area contributed by atoms with Crippen LogP contribution in [0.4, 0.5) is 0 Å². The van der Waals surface area contributed by atoms with Gasteiger partial charge in [-0.3, -0.25) is 4.99 Å². The zero-order valence-corrected chi connectivity index (χ0v) is 11.1. The highest BCUT2D eigenvalue weighted by Crippen LogP contribution is 2.34. The monoisotopic (exact) mass is 261 g/mol. The molecule has 0 amide bonds. The smallest absolute Gasteiger partial charge is 0.191 e. The third-order valence-corrected chi connectivity index (χ3v) is 3.59. The molecule has 0 saturated heterocycles. The van der Waals surface area contributed by atoms with Gasteiger partial charge in [-0.15, -0.1) is 0 Å². The first-order valence-electron chi connectivity index (χ1n) is 6.75. The lowest BCUT2D eigenvalue weighted by molar-refractivity contribution is 0.296. The summed E-state index contributed by atoms with van der Waals surface area (Å²) in [6.45, 7) is 5.07. The Hall–Kier alpha value is -1.91. The Morgan fingerprint density at radius 3 is 2.89 bits per heavy atom. The molecule has 19 heavy (non-hydrogen) atoms. The van der Waals surface area contributed by atoms with Crippen molar-refractivity contribution in [1.82, 2.24) is 4.90 Å². The van der Waals surface area contributed by atoms with Gasteiger partial charge in [-0.25, -0.2) is 0 Å². The van der Waals surface area contributed by atoms with Crippen LogP contribution in [-0.2, 0) is 0 Å². The lowest BCUT2D eigenvalue weighted by Gasteiger charge is -2.25. The van der Waals surface area contributed by atoms with Crippen molar-refractivity contribution < 1.29 is 9.47 Å². The van der Waals surface area contributed by atoms with Crippen LogP contribution in [0.25, 0.3) is 0 Å². The van der Waals surface area contributed by atoms with E-state index >= 15 is 0 Å². The fraction of sp³-hybridized carbons (Fsp3) is 0.500. The fourth-order valence-corrected chi connectivity index (χ4v) is 2.58. The summed E-state index contributed by atoms with van der Waals surface area (Å²) in [5, 5.41) is 0. The molecule has 5 nitrogen and oxygen atoms in total. The topological polar surface area (TPSA) is 60.1 Å². The summed E-state index contributed by atoms with van der Waals surface area (Å²) in [5.74, 6) is 2.28. The lowest BCUT2D eigenvalue weighted by Crippen LogP contribution is -2.35. The molecule has 3 rings (SSSR count). The molecule has 1 unspecified atom stereocenters. The largest absolute Gasteiger partial charge is 0.490 e.